The van der Waals surface area contributed by atoms with Gasteiger partial charge in [0.15, 0.2) is 0 Å². The van der Waals surface area contributed by atoms with Gasteiger partial charge in [-0.1, -0.05) is 11.6 Å². The Bertz CT molecular complexity index is 407. The van der Waals surface area contributed by atoms with E-state index in [2.05, 4.69) is 31.9 Å². The molecule has 0 heterocycles. The number of carbonyl (C=O) groups excluding carboxylic acids is 1. The highest BCUT2D eigenvalue weighted by Gasteiger charge is 2.08. The van der Waals surface area contributed by atoms with E-state index in [-0.39, 0.29) is 0 Å². The van der Waals surface area contributed by atoms with Crippen molar-refractivity contribution >= 4 is 49.7 Å². The molecule has 0 aliphatic heterocycles. The number of hydrogen-bond acceptors (Lipinski definition) is 2. The molecule has 0 unspecified atom stereocenters. The van der Waals surface area contributed by atoms with Gasteiger partial charge in [0.05, 0.1) is 8.95 Å². The molecular formula is C11H9Br2ClO2. The van der Waals surface area contributed by atoms with E-state index in [0.717, 1.165) is 20.8 Å². The average Bonchev–Trinajstić information content (AvgIpc) is 2.27. The van der Waals surface area contributed by atoms with E-state index in [0.29, 0.717) is 17.9 Å². The van der Waals surface area contributed by atoms with Gasteiger partial charge in [0.1, 0.15) is 18.6 Å². The molecule has 0 N–H and O–H groups in total. The molecule has 0 saturated heterocycles. The summed E-state index contributed by atoms with van der Waals surface area (Å²) in [6.45, 7) is 2.27. The lowest BCUT2D eigenvalue weighted by Gasteiger charge is -2.10. The van der Waals surface area contributed by atoms with Crippen LogP contribution in [-0.4, -0.2) is 12.9 Å². The summed E-state index contributed by atoms with van der Waals surface area (Å²) in [5, 5.41) is 0. The molecule has 0 radical (unpaired) electrons. The van der Waals surface area contributed by atoms with Crippen LogP contribution in [0.1, 0.15) is 17.3 Å². The van der Waals surface area contributed by atoms with Crippen LogP contribution in [0.3, 0.4) is 0 Å². The summed E-state index contributed by atoms with van der Waals surface area (Å²) in [7, 11) is 0. The first-order valence-corrected chi connectivity index (χ1v) is 6.43. The summed E-state index contributed by atoms with van der Waals surface area (Å²) < 4.78 is 7.01. The van der Waals surface area contributed by atoms with Crippen LogP contribution in [0.15, 0.2) is 32.2 Å². The van der Waals surface area contributed by atoms with Gasteiger partial charge in [-0.3, -0.25) is 4.79 Å². The maximum Gasteiger partial charge on any atom is 0.150 e. The molecule has 0 aliphatic carbocycles. The van der Waals surface area contributed by atoms with E-state index in [1.807, 2.05) is 6.92 Å². The third-order valence-corrected chi connectivity index (χ3v) is 3.34. The molecule has 0 fully saturated rings. The van der Waals surface area contributed by atoms with Crippen molar-refractivity contribution in [1.82, 2.24) is 0 Å². The molecular weight excluding hydrogens is 359 g/mol. The van der Waals surface area contributed by atoms with Crippen molar-refractivity contribution in [2.45, 2.75) is 6.92 Å². The molecule has 86 valence electrons. The van der Waals surface area contributed by atoms with Gasteiger partial charge in [-0.2, -0.15) is 0 Å². The Morgan fingerprint density at radius 1 is 1.44 bits per heavy atom. The molecule has 0 atom stereocenters. The highest BCUT2D eigenvalue weighted by molar-refractivity contribution is 9.11. The smallest absolute Gasteiger partial charge is 0.150 e. The van der Waals surface area contributed by atoms with Crippen LogP contribution in [0.2, 0.25) is 0 Å². The molecule has 1 aromatic rings. The molecule has 0 saturated carbocycles. The molecule has 5 heteroatoms. The van der Waals surface area contributed by atoms with E-state index < -0.39 is 0 Å². The Labute approximate surface area is 116 Å². The first kappa shape index (κ1) is 13.7. The minimum absolute atomic E-state index is 0.404. The van der Waals surface area contributed by atoms with Crippen molar-refractivity contribution in [2.24, 2.45) is 0 Å². The van der Waals surface area contributed by atoms with Crippen LogP contribution in [0.5, 0.6) is 5.75 Å². The van der Waals surface area contributed by atoms with Gasteiger partial charge in [-0.05, 0) is 56.5 Å². The minimum atomic E-state index is 0.404. The van der Waals surface area contributed by atoms with Crippen LogP contribution >= 0.6 is 43.5 Å². The standard InChI is InChI=1S/C11H9Br2ClO2/c1-7(4-14)6-16-11-9(12)2-8(5-15)3-10(11)13/h2-5H,6H2,1H3. The van der Waals surface area contributed by atoms with E-state index in [1.54, 1.807) is 12.1 Å². The number of rotatable bonds is 4. The van der Waals surface area contributed by atoms with Gasteiger partial charge < -0.3 is 4.74 Å². The highest BCUT2D eigenvalue weighted by atomic mass is 79.9. The SMILES string of the molecule is CC(=CCl)COc1c(Br)cc(C=O)cc1Br. The zero-order valence-electron chi connectivity index (χ0n) is 8.47. The molecule has 0 amide bonds. The van der Waals surface area contributed by atoms with Crippen LogP contribution in [0.25, 0.3) is 0 Å². The summed E-state index contributed by atoms with van der Waals surface area (Å²) >= 11 is 12.2. The Morgan fingerprint density at radius 2 is 2.00 bits per heavy atom. The minimum Gasteiger partial charge on any atom is -0.487 e. The zero-order valence-corrected chi connectivity index (χ0v) is 12.4. The van der Waals surface area contributed by atoms with Gasteiger partial charge >= 0.3 is 0 Å². The van der Waals surface area contributed by atoms with Gasteiger partial charge in [-0.25, -0.2) is 0 Å². The molecule has 1 rings (SSSR count). The lowest BCUT2D eigenvalue weighted by atomic mass is 10.2. The quantitative estimate of drug-likeness (QED) is 0.729. The van der Waals surface area contributed by atoms with Gasteiger partial charge in [0, 0.05) is 11.1 Å². The molecule has 1 aromatic carbocycles. The average molecular weight is 368 g/mol. The van der Waals surface area contributed by atoms with Gasteiger partial charge in [-0.15, -0.1) is 0 Å². The Kier molecular flexibility index (Phi) is 5.52. The van der Waals surface area contributed by atoms with Crippen molar-refractivity contribution in [1.29, 1.82) is 0 Å². The zero-order chi connectivity index (χ0) is 12.1. The summed E-state index contributed by atoms with van der Waals surface area (Å²) in [6.07, 6.45) is 0.781. The lowest BCUT2D eigenvalue weighted by Crippen LogP contribution is -2.00. The van der Waals surface area contributed by atoms with Crippen molar-refractivity contribution < 1.29 is 9.53 Å². The molecule has 0 spiro atoms. The fourth-order valence-corrected chi connectivity index (χ4v) is 2.52. The summed E-state index contributed by atoms with van der Waals surface area (Å²) in [5.74, 6) is 0.656. The monoisotopic (exact) mass is 366 g/mol. The second-order valence-corrected chi connectivity index (χ2v) is 5.10. The summed E-state index contributed by atoms with van der Waals surface area (Å²) in [4.78, 5) is 10.6. The van der Waals surface area contributed by atoms with Crippen LogP contribution < -0.4 is 4.74 Å². The normalized spacial score (nSPS) is 11.4. The number of carbonyl (C=O) groups is 1. The Morgan fingerprint density at radius 3 is 2.44 bits per heavy atom. The van der Waals surface area contributed by atoms with Crippen molar-refractivity contribution in [3.63, 3.8) is 0 Å². The number of aldehydes is 1. The topological polar surface area (TPSA) is 26.3 Å². The highest BCUT2D eigenvalue weighted by Crippen LogP contribution is 2.34. The van der Waals surface area contributed by atoms with Crippen molar-refractivity contribution in [3.8, 4) is 5.75 Å². The molecule has 16 heavy (non-hydrogen) atoms. The summed E-state index contributed by atoms with van der Waals surface area (Å²) in [5.41, 5.74) is 2.97. The van der Waals surface area contributed by atoms with Crippen molar-refractivity contribution in [3.05, 3.63) is 37.7 Å². The van der Waals surface area contributed by atoms with Crippen LogP contribution in [0, 0.1) is 0 Å². The Balaban J connectivity index is 2.92. The number of ether oxygens (including phenoxy) is 1. The summed E-state index contributed by atoms with van der Waals surface area (Å²) in [6, 6.07) is 3.40. The maximum absolute atomic E-state index is 10.6. The number of hydrogen-bond donors (Lipinski definition) is 0. The largest absolute Gasteiger partial charge is 0.487 e. The fourth-order valence-electron chi connectivity index (χ4n) is 1.00. The molecule has 0 aromatic heterocycles. The maximum atomic E-state index is 10.6. The van der Waals surface area contributed by atoms with E-state index in [1.165, 1.54) is 5.54 Å². The number of benzene rings is 1. The van der Waals surface area contributed by atoms with Crippen LogP contribution in [0.4, 0.5) is 0 Å². The van der Waals surface area contributed by atoms with E-state index in [4.69, 9.17) is 16.3 Å². The van der Waals surface area contributed by atoms with E-state index >= 15 is 0 Å². The third-order valence-electron chi connectivity index (χ3n) is 1.79. The van der Waals surface area contributed by atoms with E-state index in [9.17, 15) is 4.79 Å². The predicted octanol–water partition coefficient (Wildman–Crippen LogP) is 4.55. The number of halogens is 3. The fraction of sp³-hybridized carbons (Fsp3) is 0.182. The second-order valence-electron chi connectivity index (χ2n) is 3.18. The molecule has 0 aliphatic rings. The van der Waals surface area contributed by atoms with Crippen molar-refractivity contribution in [2.75, 3.05) is 6.61 Å². The predicted molar refractivity (Wildman–Crippen MR) is 72.3 cm³/mol. The first-order valence-electron chi connectivity index (χ1n) is 4.41. The molecule has 0 bridgehead atoms. The lowest BCUT2D eigenvalue weighted by molar-refractivity contribution is 0.112. The Hall–Kier alpha value is -0.320. The first-order chi connectivity index (χ1) is 7.58. The van der Waals surface area contributed by atoms with Crippen LogP contribution in [-0.2, 0) is 0 Å². The molecule has 2 nitrogen and oxygen atoms in total. The third kappa shape index (κ3) is 3.61. The van der Waals surface area contributed by atoms with Gasteiger partial charge in [0.25, 0.3) is 0 Å². The van der Waals surface area contributed by atoms with Gasteiger partial charge in [0.2, 0.25) is 0 Å². The second kappa shape index (κ2) is 6.42.